The number of aliphatic hydroxyl groups is 2. The molecule has 4 aromatic rings. The predicted molar refractivity (Wildman–Crippen MR) is 137 cm³/mol. The third-order valence-corrected chi connectivity index (χ3v) is 5.26. The van der Waals surface area contributed by atoms with Crippen molar-refractivity contribution in [2.24, 2.45) is 0 Å². The molecule has 5 heteroatoms. The molecule has 33 heavy (non-hydrogen) atoms. The SMILES string of the molecule is C.C.OCc1ccc(B(OC(c2ccc(CO)cc2)c2ccccn2)c2ccccc2)cc1. The fourth-order valence-corrected chi connectivity index (χ4v) is 3.56. The fraction of sp³-hybridized carbons (Fsp3) is 0.179. The normalized spacial score (nSPS) is 11.1. The first kappa shape index (κ1) is 26.0. The molecule has 0 bridgehead atoms. The van der Waals surface area contributed by atoms with Crippen LogP contribution in [0, 0.1) is 0 Å². The topological polar surface area (TPSA) is 62.6 Å². The Morgan fingerprint density at radius 3 is 1.76 bits per heavy atom. The van der Waals surface area contributed by atoms with Gasteiger partial charge in [-0.25, -0.2) is 0 Å². The number of hydrogen-bond acceptors (Lipinski definition) is 4. The van der Waals surface area contributed by atoms with Gasteiger partial charge in [-0.3, -0.25) is 4.98 Å². The molecule has 0 fully saturated rings. The van der Waals surface area contributed by atoms with Gasteiger partial charge < -0.3 is 14.9 Å². The predicted octanol–water partition coefficient (Wildman–Crippen LogP) is 4.25. The van der Waals surface area contributed by atoms with E-state index in [0.29, 0.717) is 0 Å². The maximum Gasteiger partial charge on any atom is 0.362 e. The van der Waals surface area contributed by atoms with Gasteiger partial charge in [-0.15, -0.1) is 0 Å². The van der Waals surface area contributed by atoms with Gasteiger partial charge in [-0.2, -0.15) is 0 Å². The van der Waals surface area contributed by atoms with Crippen molar-refractivity contribution in [3.8, 4) is 0 Å². The van der Waals surface area contributed by atoms with Gasteiger partial charge in [-0.05, 0) is 39.7 Å². The van der Waals surface area contributed by atoms with Gasteiger partial charge in [-0.1, -0.05) is 99.8 Å². The van der Waals surface area contributed by atoms with E-state index in [0.717, 1.165) is 33.3 Å². The minimum atomic E-state index is -0.392. The Bertz CT molecular complexity index is 983. The highest BCUT2D eigenvalue weighted by Crippen LogP contribution is 2.26. The zero-order valence-electron chi connectivity index (χ0n) is 17.1. The van der Waals surface area contributed by atoms with E-state index in [-0.39, 0.29) is 35.0 Å². The highest BCUT2D eigenvalue weighted by atomic mass is 16.4. The average Bonchev–Trinajstić information content (AvgIpc) is 2.86. The summed E-state index contributed by atoms with van der Waals surface area (Å²) in [5.74, 6) is 0. The fourth-order valence-electron chi connectivity index (χ4n) is 3.56. The number of nitrogens with zero attached hydrogens (tertiary/aromatic N) is 1. The van der Waals surface area contributed by atoms with Gasteiger partial charge in [0.25, 0.3) is 0 Å². The Hall–Kier alpha value is -3.25. The molecule has 1 atom stereocenters. The number of aliphatic hydroxyl groups excluding tert-OH is 2. The first-order valence-corrected chi connectivity index (χ1v) is 10.3. The third kappa shape index (κ3) is 6.39. The summed E-state index contributed by atoms with van der Waals surface area (Å²) in [7, 11) is 0. The van der Waals surface area contributed by atoms with Crippen molar-refractivity contribution >= 4 is 17.8 Å². The Balaban J connectivity index is 0.00000193. The number of hydrogen-bond donors (Lipinski definition) is 2. The number of rotatable bonds is 8. The van der Waals surface area contributed by atoms with Gasteiger partial charge in [0.1, 0.15) is 6.10 Å². The average molecular weight is 441 g/mol. The molecule has 0 amide bonds. The second-order valence-electron chi connectivity index (χ2n) is 7.36. The highest BCUT2D eigenvalue weighted by molar-refractivity contribution is 6.80. The van der Waals surface area contributed by atoms with Crippen LogP contribution in [0.2, 0.25) is 0 Å². The summed E-state index contributed by atoms with van der Waals surface area (Å²) in [6.07, 6.45) is 1.37. The lowest BCUT2D eigenvalue weighted by Crippen LogP contribution is -2.46. The monoisotopic (exact) mass is 441 g/mol. The van der Waals surface area contributed by atoms with E-state index in [9.17, 15) is 10.2 Å². The van der Waals surface area contributed by atoms with Crippen LogP contribution in [0.4, 0.5) is 0 Å². The van der Waals surface area contributed by atoms with E-state index in [1.807, 2.05) is 84.9 Å². The standard InChI is InChI=1S/C26H24BNO3.2CH4/c29-18-20-9-13-22(14-10-20)26(25-8-4-5-17-28-25)31-27(23-6-2-1-3-7-23)24-15-11-21(19-30)12-16-24;;/h1-17,26,29-30H,18-19H2;2*1H4. The van der Waals surface area contributed by atoms with Gasteiger partial charge >= 0.3 is 6.92 Å². The van der Waals surface area contributed by atoms with E-state index in [2.05, 4.69) is 17.1 Å². The van der Waals surface area contributed by atoms with Gasteiger partial charge in [0, 0.05) is 6.20 Å². The zero-order valence-corrected chi connectivity index (χ0v) is 17.1. The molecule has 3 aromatic carbocycles. The third-order valence-electron chi connectivity index (χ3n) is 5.26. The Kier molecular flexibility index (Phi) is 10.0. The van der Waals surface area contributed by atoms with Crippen LogP contribution >= 0.6 is 0 Å². The van der Waals surface area contributed by atoms with Crippen molar-refractivity contribution in [2.75, 3.05) is 0 Å². The van der Waals surface area contributed by atoms with Crippen LogP contribution in [0.3, 0.4) is 0 Å². The molecule has 0 radical (unpaired) electrons. The van der Waals surface area contributed by atoms with E-state index in [1.165, 1.54) is 0 Å². The maximum atomic E-state index is 9.41. The molecule has 170 valence electrons. The van der Waals surface area contributed by atoms with Gasteiger partial charge in [0.2, 0.25) is 0 Å². The second kappa shape index (κ2) is 12.7. The molecule has 0 aliphatic heterocycles. The molecule has 0 aliphatic carbocycles. The van der Waals surface area contributed by atoms with Crippen LogP contribution < -0.4 is 10.9 Å². The lowest BCUT2D eigenvalue weighted by atomic mass is 9.55. The van der Waals surface area contributed by atoms with E-state index >= 15 is 0 Å². The first-order valence-electron chi connectivity index (χ1n) is 10.3. The van der Waals surface area contributed by atoms with Crippen LogP contribution in [0.25, 0.3) is 0 Å². The molecular weight excluding hydrogens is 409 g/mol. The van der Waals surface area contributed by atoms with Crippen molar-refractivity contribution in [1.82, 2.24) is 4.98 Å². The number of benzene rings is 3. The second-order valence-corrected chi connectivity index (χ2v) is 7.36. The van der Waals surface area contributed by atoms with Crippen LogP contribution in [0.1, 0.15) is 43.3 Å². The smallest absolute Gasteiger partial charge is 0.362 e. The van der Waals surface area contributed by atoms with Gasteiger partial charge in [0.15, 0.2) is 0 Å². The van der Waals surface area contributed by atoms with Crippen molar-refractivity contribution in [1.29, 1.82) is 0 Å². The quantitative estimate of drug-likeness (QED) is 0.402. The molecule has 0 saturated heterocycles. The van der Waals surface area contributed by atoms with Crippen LogP contribution in [0.5, 0.6) is 0 Å². The largest absolute Gasteiger partial charge is 0.414 e. The van der Waals surface area contributed by atoms with E-state index < -0.39 is 6.10 Å². The van der Waals surface area contributed by atoms with Crippen molar-refractivity contribution in [3.63, 3.8) is 0 Å². The van der Waals surface area contributed by atoms with Gasteiger partial charge in [0.05, 0.1) is 18.9 Å². The summed E-state index contributed by atoms with van der Waals surface area (Å²) in [5, 5.41) is 18.8. The summed E-state index contributed by atoms with van der Waals surface area (Å²) in [6.45, 7) is -0.317. The van der Waals surface area contributed by atoms with Crippen molar-refractivity contribution < 1.29 is 14.9 Å². The summed E-state index contributed by atoms with van der Waals surface area (Å²) in [6, 6.07) is 31.5. The highest BCUT2D eigenvalue weighted by Gasteiger charge is 2.28. The van der Waals surface area contributed by atoms with Crippen LogP contribution in [-0.4, -0.2) is 22.1 Å². The molecular formula is C28H32BNO3. The van der Waals surface area contributed by atoms with Crippen molar-refractivity contribution in [3.05, 3.63) is 126 Å². The first-order chi connectivity index (χ1) is 15.3. The van der Waals surface area contributed by atoms with E-state index in [1.54, 1.807) is 6.20 Å². The number of pyridine rings is 1. The minimum Gasteiger partial charge on any atom is -0.414 e. The molecule has 1 heterocycles. The summed E-state index contributed by atoms with van der Waals surface area (Å²) >= 11 is 0. The molecule has 0 saturated carbocycles. The zero-order chi connectivity index (χ0) is 21.5. The lowest BCUT2D eigenvalue weighted by Gasteiger charge is -2.24. The Morgan fingerprint density at radius 2 is 1.21 bits per heavy atom. The van der Waals surface area contributed by atoms with E-state index in [4.69, 9.17) is 4.65 Å². The molecule has 1 aromatic heterocycles. The molecule has 4 rings (SSSR count). The Labute approximate surface area is 197 Å². The number of aromatic nitrogens is 1. The summed E-state index contributed by atoms with van der Waals surface area (Å²) in [5.41, 5.74) is 5.51. The summed E-state index contributed by atoms with van der Waals surface area (Å²) in [4.78, 5) is 4.56. The minimum absolute atomic E-state index is 0. The van der Waals surface area contributed by atoms with Crippen LogP contribution in [0.15, 0.2) is 103 Å². The lowest BCUT2D eigenvalue weighted by molar-refractivity contribution is 0.252. The molecule has 2 N–H and O–H groups in total. The molecule has 0 spiro atoms. The molecule has 0 aliphatic rings. The maximum absolute atomic E-state index is 9.41. The Morgan fingerprint density at radius 1 is 0.667 bits per heavy atom. The van der Waals surface area contributed by atoms with Crippen molar-refractivity contribution in [2.45, 2.75) is 34.2 Å². The molecule has 1 unspecified atom stereocenters. The van der Waals surface area contributed by atoms with Crippen LogP contribution in [-0.2, 0) is 17.9 Å². The summed E-state index contributed by atoms with van der Waals surface area (Å²) < 4.78 is 6.75. The molecule has 4 nitrogen and oxygen atoms in total.